The SMILES string of the molecule is COC(=O)C(=O)c1ccc2nc[nH]c2c1. The van der Waals surface area contributed by atoms with Crippen molar-refractivity contribution in [3.8, 4) is 0 Å². The fraction of sp³-hybridized carbons (Fsp3) is 0.100. The summed E-state index contributed by atoms with van der Waals surface area (Å²) in [4.78, 5) is 29.3. The molecule has 0 radical (unpaired) electrons. The summed E-state index contributed by atoms with van der Waals surface area (Å²) in [5.41, 5.74) is 1.75. The van der Waals surface area contributed by atoms with Crippen LogP contribution in [0.2, 0.25) is 0 Å². The third kappa shape index (κ3) is 1.59. The van der Waals surface area contributed by atoms with Gasteiger partial charge in [0.05, 0.1) is 24.5 Å². The molecule has 0 unspecified atom stereocenters. The molecule has 2 rings (SSSR count). The maximum Gasteiger partial charge on any atom is 0.379 e. The van der Waals surface area contributed by atoms with Crippen LogP contribution in [0.1, 0.15) is 10.4 Å². The van der Waals surface area contributed by atoms with Crippen LogP contribution >= 0.6 is 0 Å². The summed E-state index contributed by atoms with van der Waals surface area (Å²) >= 11 is 0. The molecule has 0 amide bonds. The molecule has 5 heteroatoms. The van der Waals surface area contributed by atoms with E-state index >= 15 is 0 Å². The second-order valence-corrected chi connectivity index (χ2v) is 2.96. The number of imidazole rings is 1. The van der Waals surface area contributed by atoms with Gasteiger partial charge in [0.1, 0.15) is 0 Å². The fourth-order valence-corrected chi connectivity index (χ4v) is 1.29. The number of rotatable bonds is 2. The van der Waals surface area contributed by atoms with Crippen LogP contribution < -0.4 is 0 Å². The van der Waals surface area contributed by atoms with E-state index in [0.29, 0.717) is 11.1 Å². The summed E-state index contributed by atoms with van der Waals surface area (Å²) in [6, 6.07) is 4.78. The quantitative estimate of drug-likeness (QED) is 0.448. The highest BCUT2D eigenvalue weighted by atomic mass is 16.5. The first-order chi connectivity index (χ1) is 7.22. The molecular formula is C10H8N2O3. The Labute approximate surface area is 85.1 Å². The molecule has 2 aromatic rings. The number of carbonyl (C=O) groups is 2. The number of esters is 1. The number of ether oxygens (including phenoxy) is 1. The van der Waals surface area contributed by atoms with Crippen molar-refractivity contribution in [2.75, 3.05) is 7.11 Å². The van der Waals surface area contributed by atoms with Crippen molar-refractivity contribution in [2.24, 2.45) is 0 Å². The molecule has 0 atom stereocenters. The Bertz CT molecular complexity index is 530. The molecule has 1 N–H and O–H groups in total. The van der Waals surface area contributed by atoms with Gasteiger partial charge in [-0.2, -0.15) is 0 Å². The van der Waals surface area contributed by atoms with Crippen LogP contribution in [0, 0.1) is 0 Å². The van der Waals surface area contributed by atoms with E-state index in [-0.39, 0.29) is 0 Å². The van der Waals surface area contributed by atoms with Crippen LogP contribution in [0.25, 0.3) is 11.0 Å². The normalized spacial score (nSPS) is 10.2. The molecule has 15 heavy (non-hydrogen) atoms. The van der Waals surface area contributed by atoms with Gasteiger partial charge >= 0.3 is 5.97 Å². The lowest BCUT2D eigenvalue weighted by Crippen LogP contribution is -2.15. The minimum Gasteiger partial charge on any atom is -0.463 e. The van der Waals surface area contributed by atoms with Crippen molar-refractivity contribution in [1.29, 1.82) is 0 Å². The summed E-state index contributed by atoms with van der Waals surface area (Å²) in [7, 11) is 1.18. The first-order valence-corrected chi connectivity index (χ1v) is 4.28. The first kappa shape index (κ1) is 9.39. The topological polar surface area (TPSA) is 72.1 Å². The highest BCUT2D eigenvalue weighted by molar-refractivity contribution is 6.40. The molecule has 1 aromatic heterocycles. The number of hydrogen-bond acceptors (Lipinski definition) is 4. The number of methoxy groups -OCH3 is 1. The summed E-state index contributed by atoms with van der Waals surface area (Å²) in [5.74, 6) is -1.53. The zero-order chi connectivity index (χ0) is 10.8. The number of Topliss-reactive ketones (excluding diaryl/α,β-unsaturated/α-hetero) is 1. The van der Waals surface area contributed by atoms with Crippen LogP contribution in [0.3, 0.4) is 0 Å². The lowest BCUT2D eigenvalue weighted by atomic mass is 10.1. The zero-order valence-corrected chi connectivity index (χ0v) is 7.98. The van der Waals surface area contributed by atoms with Gasteiger partial charge in [-0.3, -0.25) is 4.79 Å². The van der Waals surface area contributed by atoms with E-state index < -0.39 is 11.8 Å². The standard InChI is InChI=1S/C10H8N2O3/c1-15-10(14)9(13)6-2-3-7-8(4-6)12-5-11-7/h2-5H,1H3,(H,11,12). The minimum atomic E-state index is -0.867. The Kier molecular flexibility index (Phi) is 2.21. The van der Waals surface area contributed by atoms with E-state index in [1.807, 2.05) is 0 Å². The van der Waals surface area contributed by atoms with Crippen LogP contribution in [0.5, 0.6) is 0 Å². The average molecular weight is 204 g/mol. The van der Waals surface area contributed by atoms with Gasteiger partial charge in [-0.25, -0.2) is 9.78 Å². The molecule has 0 spiro atoms. The van der Waals surface area contributed by atoms with Crippen molar-refractivity contribution in [3.05, 3.63) is 30.1 Å². The first-order valence-electron chi connectivity index (χ1n) is 4.28. The Morgan fingerprint density at radius 1 is 1.40 bits per heavy atom. The second kappa shape index (κ2) is 3.53. The molecule has 0 bridgehead atoms. The van der Waals surface area contributed by atoms with Crippen molar-refractivity contribution in [3.63, 3.8) is 0 Å². The van der Waals surface area contributed by atoms with E-state index in [0.717, 1.165) is 5.52 Å². The number of nitrogens with zero attached hydrogens (tertiary/aromatic N) is 1. The van der Waals surface area contributed by atoms with Gasteiger partial charge in [-0.1, -0.05) is 0 Å². The monoisotopic (exact) mass is 204 g/mol. The van der Waals surface area contributed by atoms with Gasteiger partial charge in [-0.05, 0) is 18.2 Å². The number of benzene rings is 1. The number of aromatic nitrogens is 2. The van der Waals surface area contributed by atoms with E-state index in [1.165, 1.54) is 13.4 Å². The molecule has 0 aliphatic rings. The van der Waals surface area contributed by atoms with E-state index in [4.69, 9.17) is 0 Å². The number of ketones is 1. The Morgan fingerprint density at radius 3 is 2.93 bits per heavy atom. The van der Waals surface area contributed by atoms with Gasteiger partial charge in [0.15, 0.2) is 0 Å². The number of H-pyrrole nitrogens is 1. The summed E-state index contributed by atoms with van der Waals surface area (Å²) in [6.45, 7) is 0. The van der Waals surface area contributed by atoms with Crippen LogP contribution in [-0.4, -0.2) is 28.8 Å². The van der Waals surface area contributed by atoms with Gasteiger partial charge in [-0.15, -0.1) is 0 Å². The van der Waals surface area contributed by atoms with E-state index in [1.54, 1.807) is 18.2 Å². The molecule has 0 aliphatic heterocycles. The smallest absolute Gasteiger partial charge is 0.379 e. The molecule has 0 saturated heterocycles. The molecule has 5 nitrogen and oxygen atoms in total. The second-order valence-electron chi connectivity index (χ2n) is 2.96. The van der Waals surface area contributed by atoms with Crippen LogP contribution in [0.4, 0.5) is 0 Å². The lowest BCUT2D eigenvalue weighted by molar-refractivity contribution is -0.135. The van der Waals surface area contributed by atoms with Crippen molar-refractivity contribution >= 4 is 22.8 Å². The maximum absolute atomic E-state index is 11.4. The van der Waals surface area contributed by atoms with Crippen LogP contribution in [0.15, 0.2) is 24.5 Å². The third-order valence-electron chi connectivity index (χ3n) is 2.05. The number of fused-ring (bicyclic) bond motifs is 1. The molecular weight excluding hydrogens is 196 g/mol. The maximum atomic E-state index is 11.4. The molecule has 76 valence electrons. The van der Waals surface area contributed by atoms with E-state index in [9.17, 15) is 9.59 Å². The van der Waals surface area contributed by atoms with Gasteiger partial charge < -0.3 is 9.72 Å². The van der Waals surface area contributed by atoms with Gasteiger partial charge in [0, 0.05) is 5.56 Å². The fourth-order valence-electron chi connectivity index (χ4n) is 1.29. The molecule has 1 heterocycles. The van der Waals surface area contributed by atoms with Gasteiger partial charge in [0.25, 0.3) is 5.78 Å². The van der Waals surface area contributed by atoms with Crippen molar-refractivity contribution in [1.82, 2.24) is 9.97 Å². The molecule has 0 aliphatic carbocycles. The summed E-state index contributed by atoms with van der Waals surface area (Å²) < 4.78 is 4.35. The largest absolute Gasteiger partial charge is 0.463 e. The zero-order valence-electron chi connectivity index (χ0n) is 7.98. The molecule has 0 fully saturated rings. The third-order valence-corrected chi connectivity index (χ3v) is 2.05. The number of hydrogen-bond donors (Lipinski definition) is 1. The Balaban J connectivity index is 2.44. The molecule has 1 aromatic carbocycles. The Morgan fingerprint density at radius 2 is 2.20 bits per heavy atom. The number of carbonyl (C=O) groups excluding carboxylic acids is 2. The predicted octanol–water partition coefficient (Wildman–Crippen LogP) is 0.919. The number of nitrogens with one attached hydrogen (secondary N) is 1. The lowest BCUT2D eigenvalue weighted by Gasteiger charge is -1.98. The average Bonchev–Trinajstić information content (AvgIpc) is 2.73. The van der Waals surface area contributed by atoms with Crippen LogP contribution in [-0.2, 0) is 9.53 Å². The highest BCUT2D eigenvalue weighted by Gasteiger charge is 2.16. The Hall–Kier alpha value is -2.17. The summed E-state index contributed by atoms with van der Waals surface area (Å²) in [5, 5.41) is 0. The summed E-state index contributed by atoms with van der Waals surface area (Å²) in [6.07, 6.45) is 1.52. The molecule has 0 saturated carbocycles. The predicted molar refractivity (Wildman–Crippen MR) is 52.4 cm³/mol. The van der Waals surface area contributed by atoms with Crippen molar-refractivity contribution < 1.29 is 14.3 Å². The van der Waals surface area contributed by atoms with E-state index in [2.05, 4.69) is 14.7 Å². The number of aromatic amines is 1. The van der Waals surface area contributed by atoms with Gasteiger partial charge in [0.2, 0.25) is 0 Å². The minimum absolute atomic E-state index is 0.290. The van der Waals surface area contributed by atoms with Crippen molar-refractivity contribution in [2.45, 2.75) is 0 Å². The highest BCUT2D eigenvalue weighted by Crippen LogP contribution is 2.12.